The van der Waals surface area contributed by atoms with Gasteiger partial charge in [-0.25, -0.2) is 0 Å². The Morgan fingerprint density at radius 1 is 0.232 bits per heavy atom. The summed E-state index contributed by atoms with van der Waals surface area (Å²) in [5, 5.41) is 0. The van der Waals surface area contributed by atoms with E-state index in [0.29, 0.717) is 19.3 Å². The minimum Gasteiger partial charge on any atom is -0.462 e. The third kappa shape index (κ3) is 68.7. The minimum absolute atomic E-state index is 0.0705. The van der Waals surface area contributed by atoms with Crippen molar-refractivity contribution in [2.45, 2.75) is 431 Å². The first-order chi connectivity index (χ1) is 40.5. The van der Waals surface area contributed by atoms with Crippen LogP contribution in [0.3, 0.4) is 0 Å². The molecule has 0 saturated carbocycles. The number of carbonyl (C=O) groups excluding carboxylic acids is 3. The van der Waals surface area contributed by atoms with E-state index in [1.807, 2.05) is 0 Å². The van der Waals surface area contributed by atoms with Gasteiger partial charge in [0.2, 0.25) is 0 Å². The monoisotopic (exact) mass is 1150 g/mol. The Morgan fingerprint density at radius 3 is 0.622 bits per heavy atom. The molecule has 1 unspecified atom stereocenters. The molecule has 0 aliphatic heterocycles. The molecule has 6 nitrogen and oxygen atoms in total. The molecule has 0 N–H and O–H groups in total. The second-order valence-electron chi connectivity index (χ2n) is 25.6. The van der Waals surface area contributed by atoms with E-state index in [-0.39, 0.29) is 31.1 Å². The predicted octanol–water partition coefficient (Wildman–Crippen LogP) is 25.7. The fourth-order valence-electron chi connectivity index (χ4n) is 11.6. The number of hydrogen-bond acceptors (Lipinski definition) is 6. The number of carbonyl (C=O) groups is 3. The number of rotatable bonds is 70. The molecule has 1 atom stereocenters. The van der Waals surface area contributed by atoms with Gasteiger partial charge < -0.3 is 14.2 Å². The second kappa shape index (κ2) is 71.4. The zero-order valence-electron chi connectivity index (χ0n) is 55.8. The maximum absolute atomic E-state index is 12.9. The zero-order chi connectivity index (χ0) is 59.2. The summed E-state index contributed by atoms with van der Waals surface area (Å²) in [7, 11) is 0. The molecule has 0 aromatic heterocycles. The number of unbranched alkanes of at least 4 members (excludes halogenated alkanes) is 55. The summed E-state index contributed by atoms with van der Waals surface area (Å²) in [6.45, 7) is 6.69. The van der Waals surface area contributed by atoms with Crippen molar-refractivity contribution in [2.24, 2.45) is 0 Å². The number of hydrogen-bond donors (Lipinski definition) is 0. The van der Waals surface area contributed by atoms with Crippen molar-refractivity contribution < 1.29 is 28.6 Å². The van der Waals surface area contributed by atoms with Gasteiger partial charge in [0.25, 0.3) is 0 Å². The van der Waals surface area contributed by atoms with Crippen LogP contribution in [-0.4, -0.2) is 37.2 Å². The Hall–Kier alpha value is -2.11. The summed E-state index contributed by atoms with van der Waals surface area (Å²) >= 11 is 0. The Labute approximate surface area is 513 Å². The molecule has 0 spiro atoms. The molecule has 0 aromatic rings. The van der Waals surface area contributed by atoms with Crippen LogP contribution in [0.5, 0.6) is 0 Å². The molecule has 484 valence electrons. The Kier molecular flexibility index (Phi) is 69.5. The summed E-state index contributed by atoms with van der Waals surface area (Å²) in [5.41, 5.74) is 0. The lowest BCUT2D eigenvalue weighted by molar-refractivity contribution is -0.167. The van der Waals surface area contributed by atoms with Crippen molar-refractivity contribution in [2.75, 3.05) is 13.2 Å². The molecular weight excluding hydrogens is 1010 g/mol. The van der Waals surface area contributed by atoms with Crippen LogP contribution in [0.15, 0.2) is 24.3 Å². The lowest BCUT2D eigenvalue weighted by atomic mass is 10.0. The average Bonchev–Trinajstić information content (AvgIpc) is 3.47. The molecular formula is C76H144O6. The van der Waals surface area contributed by atoms with Gasteiger partial charge in [0.1, 0.15) is 13.2 Å². The summed E-state index contributed by atoms with van der Waals surface area (Å²) < 4.78 is 17.0. The topological polar surface area (TPSA) is 78.9 Å². The minimum atomic E-state index is -0.775. The van der Waals surface area contributed by atoms with Gasteiger partial charge >= 0.3 is 17.9 Å². The molecule has 0 aliphatic rings. The second-order valence-corrected chi connectivity index (χ2v) is 25.6. The number of ether oxygens (including phenoxy) is 3. The SMILES string of the molecule is CCCCCC/C=C\CCCCCCCC(=O)OCC(COC(=O)CCCCCCCCCCCCCCCCCCCCCCCCCCCCCCCCCCCC)OC(=O)CCCCCCCCC/C=C\CCCCCCCC. The van der Waals surface area contributed by atoms with Crippen molar-refractivity contribution in [3.8, 4) is 0 Å². The van der Waals surface area contributed by atoms with Gasteiger partial charge in [-0.05, 0) is 70.6 Å². The zero-order valence-corrected chi connectivity index (χ0v) is 55.8. The third-order valence-electron chi connectivity index (χ3n) is 17.2. The lowest BCUT2D eigenvalue weighted by Gasteiger charge is -2.18. The van der Waals surface area contributed by atoms with Gasteiger partial charge in [0, 0.05) is 19.3 Å². The fraction of sp³-hybridized carbons (Fsp3) is 0.908. The van der Waals surface area contributed by atoms with Crippen molar-refractivity contribution in [1.82, 2.24) is 0 Å². The van der Waals surface area contributed by atoms with E-state index < -0.39 is 6.10 Å². The average molecular weight is 1150 g/mol. The first kappa shape index (κ1) is 79.9. The lowest BCUT2D eigenvalue weighted by Crippen LogP contribution is -2.30. The van der Waals surface area contributed by atoms with Gasteiger partial charge in [0.05, 0.1) is 0 Å². The van der Waals surface area contributed by atoms with Gasteiger partial charge in [0.15, 0.2) is 6.10 Å². The highest BCUT2D eigenvalue weighted by molar-refractivity contribution is 5.71. The summed E-state index contributed by atoms with van der Waals surface area (Å²) in [6, 6.07) is 0. The number of esters is 3. The van der Waals surface area contributed by atoms with Crippen molar-refractivity contribution >= 4 is 17.9 Å². The molecule has 82 heavy (non-hydrogen) atoms. The van der Waals surface area contributed by atoms with Crippen molar-refractivity contribution in [1.29, 1.82) is 0 Å². The van der Waals surface area contributed by atoms with E-state index in [4.69, 9.17) is 14.2 Å². The molecule has 0 aliphatic carbocycles. The molecule has 0 rings (SSSR count). The Balaban J connectivity index is 4.07. The molecule has 6 heteroatoms. The maximum atomic E-state index is 12.9. The highest BCUT2D eigenvalue weighted by atomic mass is 16.6. The van der Waals surface area contributed by atoms with E-state index in [9.17, 15) is 14.4 Å². The van der Waals surface area contributed by atoms with Crippen LogP contribution in [0, 0.1) is 0 Å². The largest absolute Gasteiger partial charge is 0.462 e. The van der Waals surface area contributed by atoms with Gasteiger partial charge in [-0.2, -0.15) is 0 Å². The molecule has 0 bridgehead atoms. The van der Waals surface area contributed by atoms with Gasteiger partial charge in [-0.15, -0.1) is 0 Å². The van der Waals surface area contributed by atoms with Crippen LogP contribution >= 0.6 is 0 Å². The van der Waals surface area contributed by atoms with E-state index in [0.717, 1.165) is 64.2 Å². The molecule has 0 aromatic carbocycles. The first-order valence-electron chi connectivity index (χ1n) is 37.3. The first-order valence-corrected chi connectivity index (χ1v) is 37.3. The Bertz CT molecular complexity index is 1320. The highest BCUT2D eigenvalue weighted by Crippen LogP contribution is 2.19. The normalized spacial score (nSPS) is 12.1. The van der Waals surface area contributed by atoms with Crippen LogP contribution in [0.25, 0.3) is 0 Å². The summed E-state index contributed by atoms with van der Waals surface area (Å²) in [4.78, 5) is 38.4. The molecule has 0 amide bonds. The van der Waals surface area contributed by atoms with Crippen LogP contribution in [-0.2, 0) is 28.6 Å². The maximum Gasteiger partial charge on any atom is 0.306 e. The van der Waals surface area contributed by atoms with Gasteiger partial charge in [-0.1, -0.05) is 360 Å². The highest BCUT2D eigenvalue weighted by Gasteiger charge is 2.20. The summed E-state index contributed by atoms with van der Waals surface area (Å²) in [5.74, 6) is -0.855. The van der Waals surface area contributed by atoms with Crippen molar-refractivity contribution in [3.05, 3.63) is 24.3 Å². The van der Waals surface area contributed by atoms with E-state index >= 15 is 0 Å². The quantitative estimate of drug-likeness (QED) is 0.0261. The molecule has 0 saturated heterocycles. The van der Waals surface area contributed by atoms with Gasteiger partial charge in [-0.3, -0.25) is 14.4 Å². The number of allylic oxidation sites excluding steroid dienone is 4. The third-order valence-corrected chi connectivity index (χ3v) is 17.2. The smallest absolute Gasteiger partial charge is 0.306 e. The summed E-state index contributed by atoms with van der Waals surface area (Å²) in [6.07, 6.45) is 88.1. The van der Waals surface area contributed by atoms with Crippen LogP contribution in [0.4, 0.5) is 0 Å². The Morgan fingerprint density at radius 2 is 0.402 bits per heavy atom. The standard InChI is InChI=1S/C76H144O6/c1-4-7-10-13-16-19-22-25-27-29-30-31-32-33-34-35-36-37-38-39-40-41-42-43-44-45-47-48-51-54-57-60-63-66-69-75(78)81-72-73(71-80-74(77)68-65-62-59-56-53-50-24-21-18-15-12-9-6-3)82-76(79)70-67-64-61-58-55-52-49-46-28-26-23-20-17-14-11-8-5-2/h21,24,26,28,73H,4-20,22-23,25,27,29-72H2,1-3H3/b24-21-,28-26-. The molecule has 0 radical (unpaired) electrons. The van der Waals surface area contributed by atoms with Crippen LogP contribution in [0.2, 0.25) is 0 Å². The fourth-order valence-corrected chi connectivity index (χ4v) is 11.6. The van der Waals surface area contributed by atoms with E-state index in [2.05, 4.69) is 45.1 Å². The van der Waals surface area contributed by atoms with E-state index in [1.165, 1.54) is 321 Å². The van der Waals surface area contributed by atoms with Crippen molar-refractivity contribution in [3.63, 3.8) is 0 Å². The van der Waals surface area contributed by atoms with Crippen LogP contribution in [0.1, 0.15) is 425 Å². The van der Waals surface area contributed by atoms with E-state index in [1.54, 1.807) is 0 Å². The molecule has 0 fully saturated rings. The predicted molar refractivity (Wildman–Crippen MR) is 358 cm³/mol. The van der Waals surface area contributed by atoms with Crippen LogP contribution < -0.4 is 0 Å². The molecule has 0 heterocycles.